The van der Waals surface area contributed by atoms with Crippen molar-refractivity contribution in [2.45, 2.75) is 33.1 Å². The molecule has 2 rings (SSSR count). The van der Waals surface area contributed by atoms with Gasteiger partial charge in [0.05, 0.1) is 5.92 Å². The predicted molar refractivity (Wildman–Crippen MR) is 94.0 cm³/mol. The van der Waals surface area contributed by atoms with Crippen LogP contribution in [0.4, 0.5) is 0 Å². The van der Waals surface area contributed by atoms with E-state index in [1.165, 1.54) is 0 Å². The zero-order chi connectivity index (χ0) is 17.5. The summed E-state index contributed by atoms with van der Waals surface area (Å²) in [7, 11) is 1.65. The minimum Gasteiger partial charge on any atom is -0.385 e. The fraction of sp³-hybridized carbons (Fsp3) is 0.579. The summed E-state index contributed by atoms with van der Waals surface area (Å²) in [5.74, 6) is -0.0427. The van der Waals surface area contributed by atoms with Crippen molar-refractivity contribution in [1.29, 1.82) is 0 Å². The first-order valence-electron chi connectivity index (χ1n) is 8.65. The van der Waals surface area contributed by atoms with Gasteiger partial charge in [0.2, 0.25) is 5.91 Å². The number of benzene rings is 1. The van der Waals surface area contributed by atoms with E-state index in [4.69, 9.17) is 4.74 Å². The van der Waals surface area contributed by atoms with Crippen LogP contribution in [0.5, 0.6) is 0 Å². The number of rotatable bonds is 6. The van der Waals surface area contributed by atoms with E-state index in [-0.39, 0.29) is 17.7 Å². The maximum atomic E-state index is 12.7. The summed E-state index contributed by atoms with van der Waals surface area (Å²) >= 11 is 0. The highest BCUT2D eigenvalue weighted by molar-refractivity contribution is 5.95. The first-order valence-corrected chi connectivity index (χ1v) is 8.65. The number of methoxy groups -OCH3 is 1. The number of aryl methyl sites for hydroxylation is 2. The second-order valence-corrected chi connectivity index (χ2v) is 6.60. The fourth-order valence-corrected chi connectivity index (χ4v) is 3.23. The van der Waals surface area contributed by atoms with Crippen LogP contribution in [0.3, 0.4) is 0 Å². The third kappa shape index (κ3) is 5.06. The van der Waals surface area contributed by atoms with E-state index in [2.05, 4.69) is 11.4 Å². The Morgan fingerprint density at radius 1 is 1.25 bits per heavy atom. The Hall–Kier alpha value is -1.88. The average molecular weight is 332 g/mol. The van der Waals surface area contributed by atoms with Crippen LogP contribution in [0.1, 0.15) is 40.7 Å². The molecule has 0 saturated carbocycles. The van der Waals surface area contributed by atoms with E-state index in [1.807, 2.05) is 30.9 Å². The van der Waals surface area contributed by atoms with E-state index in [9.17, 15) is 9.59 Å². The van der Waals surface area contributed by atoms with Gasteiger partial charge >= 0.3 is 0 Å². The number of nitrogens with one attached hydrogen (secondary N) is 1. The quantitative estimate of drug-likeness (QED) is 0.813. The molecule has 1 aromatic rings. The molecule has 0 aromatic heterocycles. The molecule has 0 bridgehead atoms. The highest BCUT2D eigenvalue weighted by Crippen LogP contribution is 2.20. The monoisotopic (exact) mass is 332 g/mol. The SMILES string of the molecule is COCCCNC(=O)[C@@H]1CCCN(C(=O)c2cc(C)cc(C)c2)C1. The van der Waals surface area contributed by atoms with Gasteiger partial charge in [-0.05, 0) is 45.2 Å². The summed E-state index contributed by atoms with van der Waals surface area (Å²) < 4.78 is 4.98. The minimum absolute atomic E-state index is 0.0266. The van der Waals surface area contributed by atoms with Crippen LogP contribution in [-0.2, 0) is 9.53 Å². The van der Waals surface area contributed by atoms with Crippen molar-refractivity contribution < 1.29 is 14.3 Å². The number of likely N-dealkylation sites (tertiary alicyclic amines) is 1. The van der Waals surface area contributed by atoms with E-state index < -0.39 is 0 Å². The molecule has 1 atom stereocenters. The molecule has 1 aliphatic heterocycles. The number of ether oxygens (including phenoxy) is 1. The Morgan fingerprint density at radius 2 is 1.96 bits per heavy atom. The molecule has 1 aliphatic rings. The topological polar surface area (TPSA) is 58.6 Å². The van der Waals surface area contributed by atoms with Crippen LogP contribution in [0.25, 0.3) is 0 Å². The van der Waals surface area contributed by atoms with Crippen molar-refractivity contribution in [2.24, 2.45) is 5.92 Å². The van der Waals surface area contributed by atoms with Crippen LogP contribution in [-0.4, -0.2) is 50.1 Å². The molecule has 1 saturated heterocycles. The summed E-state index contributed by atoms with van der Waals surface area (Å²) in [6, 6.07) is 5.90. The normalized spacial score (nSPS) is 17.6. The Balaban J connectivity index is 1.94. The summed E-state index contributed by atoms with van der Waals surface area (Å²) in [5.41, 5.74) is 2.89. The zero-order valence-electron chi connectivity index (χ0n) is 14.9. The molecule has 0 unspecified atom stereocenters. The third-order valence-corrected chi connectivity index (χ3v) is 4.37. The van der Waals surface area contributed by atoms with Crippen molar-refractivity contribution in [3.05, 3.63) is 34.9 Å². The molecule has 1 heterocycles. The van der Waals surface area contributed by atoms with Gasteiger partial charge < -0.3 is 15.0 Å². The highest BCUT2D eigenvalue weighted by atomic mass is 16.5. The van der Waals surface area contributed by atoms with Crippen molar-refractivity contribution in [1.82, 2.24) is 10.2 Å². The van der Waals surface area contributed by atoms with Crippen LogP contribution in [0, 0.1) is 19.8 Å². The lowest BCUT2D eigenvalue weighted by atomic mass is 9.96. The molecule has 5 nitrogen and oxygen atoms in total. The Kier molecular flexibility index (Phi) is 6.79. The Labute approximate surface area is 144 Å². The van der Waals surface area contributed by atoms with Gasteiger partial charge in [0.15, 0.2) is 0 Å². The molecule has 0 spiro atoms. The average Bonchev–Trinajstić information content (AvgIpc) is 2.57. The number of piperidine rings is 1. The van der Waals surface area contributed by atoms with Crippen LogP contribution in [0.15, 0.2) is 18.2 Å². The van der Waals surface area contributed by atoms with Crippen molar-refractivity contribution >= 4 is 11.8 Å². The number of carbonyl (C=O) groups is 2. The van der Waals surface area contributed by atoms with Gasteiger partial charge in [-0.15, -0.1) is 0 Å². The smallest absolute Gasteiger partial charge is 0.253 e. The highest BCUT2D eigenvalue weighted by Gasteiger charge is 2.28. The lowest BCUT2D eigenvalue weighted by Gasteiger charge is -2.32. The second kappa shape index (κ2) is 8.83. The first kappa shape index (κ1) is 18.5. The molecule has 1 N–H and O–H groups in total. The number of hydrogen-bond acceptors (Lipinski definition) is 3. The lowest BCUT2D eigenvalue weighted by Crippen LogP contribution is -2.45. The summed E-state index contributed by atoms with van der Waals surface area (Å²) in [4.78, 5) is 26.9. The molecule has 0 aliphatic carbocycles. The van der Waals surface area contributed by atoms with E-state index in [0.717, 1.165) is 36.9 Å². The van der Waals surface area contributed by atoms with E-state index in [1.54, 1.807) is 7.11 Å². The van der Waals surface area contributed by atoms with Gasteiger partial charge in [-0.2, -0.15) is 0 Å². The number of amides is 2. The van der Waals surface area contributed by atoms with E-state index >= 15 is 0 Å². The predicted octanol–water partition coefficient (Wildman–Crippen LogP) is 2.31. The molecule has 132 valence electrons. The minimum atomic E-state index is -0.115. The van der Waals surface area contributed by atoms with Gasteiger partial charge in [0, 0.05) is 38.9 Å². The summed E-state index contributed by atoms with van der Waals surface area (Å²) in [6.07, 6.45) is 2.51. The number of carbonyl (C=O) groups excluding carboxylic acids is 2. The standard InChI is InChI=1S/C19H28N2O3/c1-14-10-15(2)12-17(11-14)19(23)21-8-4-6-16(13-21)18(22)20-7-5-9-24-3/h10-12,16H,4-9,13H2,1-3H3,(H,20,22)/t16-/m1/s1. The lowest BCUT2D eigenvalue weighted by molar-refractivity contribution is -0.126. The maximum absolute atomic E-state index is 12.7. The van der Waals surface area contributed by atoms with Gasteiger partial charge in [-0.25, -0.2) is 0 Å². The van der Waals surface area contributed by atoms with Gasteiger partial charge in [0.1, 0.15) is 0 Å². The number of hydrogen-bond donors (Lipinski definition) is 1. The van der Waals surface area contributed by atoms with E-state index in [0.29, 0.717) is 25.3 Å². The van der Waals surface area contributed by atoms with Crippen molar-refractivity contribution in [3.8, 4) is 0 Å². The Bertz CT molecular complexity index is 566. The molecule has 2 amide bonds. The Morgan fingerprint density at radius 3 is 2.62 bits per heavy atom. The maximum Gasteiger partial charge on any atom is 0.253 e. The van der Waals surface area contributed by atoms with Crippen molar-refractivity contribution in [2.75, 3.05) is 33.4 Å². The summed E-state index contributed by atoms with van der Waals surface area (Å²) in [5, 5.41) is 2.95. The summed E-state index contributed by atoms with van der Waals surface area (Å²) in [6.45, 7) is 6.48. The third-order valence-electron chi connectivity index (χ3n) is 4.37. The second-order valence-electron chi connectivity index (χ2n) is 6.60. The van der Waals surface area contributed by atoms with Gasteiger partial charge in [0.25, 0.3) is 5.91 Å². The van der Waals surface area contributed by atoms with Crippen LogP contribution in [0.2, 0.25) is 0 Å². The molecule has 1 aromatic carbocycles. The molecular formula is C19H28N2O3. The molecule has 0 radical (unpaired) electrons. The molecule has 5 heteroatoms. The van der Waals surface area contributed by atoms with Gasteiger partial charge in [-0.1, -0.05) is 17.2 Å². The molecule has 1 fully saturated rings. The van der Waals surface area contributed by atoms with Crippen LogP contribution < -0.4 is 5.32 Å². The number of nitrogens with zero attached hydrogens (tertiary/aromatic N) is 1. The molecule has 24 heavy (non-hydrogen) atoms. The largest absolute Gasteiger partial charge is 0.385 e. The first-order chi connectivity index (χ1) is 11.5. The fourth-order valence-electron chi connectivity index (χ4n) is 3.23. The van der Waals surface area contributed by atoms with Crippen molar-refractivity contribution in [3.63, 3.8) is 0 Å². The van der Waals surface area contributed by atoms with Gasteiger partial charge in [-0.3, -0.25) is 9.59 Å². The molecular weight excluding hydrogens is 304 g/mol. The van der Waals surface area contributed by atoms with Crippen LogP contribution >= 0.6 is 0 Å². The zero-order valence-corrected chi connectivity index (χ0v) is 14.9.